The number of nitrogens with zero attached hydrogens (tertiary/aromatic N) is 3. The van der Waals surface area contributed by atoms with Crippen molar-refractivity contribution in [3.63, 3.8) is 0 Å². The van der Waals surface area contributed by atoms with E-state index in [1.807, 2.05) is 54.7 Å². The van der Waals surface area contributed by atoms with Crippen LogP contribution in [0.25, 0.3) is 116 Å². The first kappa shape index (κ1) is 55.9. The Morgan fingerprint density at radius 1 is 0.558 bits per heavy atom. The van der Waals surface area contributed by atoms with Gasteiger partial charge in [0.15, 0.2) is 0 Å². The van der Waals surface area contributed by atoms with Crippen molar-refractivity contribution < 1.29 is 28.6 Å². The van der Waals surface area contributed by atoms with E-state index in [1.165, 1.54) is 76.9 Å². The molecular weight excluding hydrogens is 1240 g/mol. The van der Waals surface area contributed by atoms with Gasteiger partial charge in [-0.3, -0.25) is 4.98 Å². The van der Waals surface area contributed by atoms with E-state index in [0.717, 1.165) is 61.2 Å². The Bertz CT molecular complexity index is 4710. The van der Waals surface area contributed by atoms with Crippen LogP contribution in [0.15, 0.2) is 205 Å². The zero-order valence-corrected chi connectivity index (χ0v) is 55.2. The summed E-state index contributed by atoms with van der Waals surface area (Å²) in [6.45, 7) is 27.7. The maximum Gasteiger partial charge on any atom is 0.121 e. The van der Waals surface area contributed by atoms with Gasteiger partial charge in [-0.05, 0) is 142 Å². The van der Waals surface area contributed by atoms with Crippen molar-refractivity contribution in [3.8, 4) is 61.7 Å². The number of para-hydroxylation sites is 2. The van der Waals surface area contributed by atoms with Gasteiger partial charge in [0, 0.05) is 41.5 Å². The number of aryl methyl sites for hydroxylation is 1. The molecule has 0 saturated carbocycles. The third-order valence-corrected chi connectivity index (χ3v) is 18.9. The molecule has 0 saturated heterocycles. The van der Waals surface area contributed by atoms with Gasteiger partial charge in [0.1, 0.15) is 5.58 Å². The number of pyridine rings is 1. The molecule has 0 N–H and O–H groups in total. The molecule has 13 rings (SSSR count). The molecule has 433 valence electrons. The van der Waals surface area contributed by atoms with Gasteiger partial charge < -0.3 is 14.0 Å². The minimum atomic E-state index is -2.19. The zero-order chi connectivity index (χ0) is 62.2. The van der Waals surface area contributed by atoms with Gasteiger partial charge in [-0.15, -0.1) is 47.5 Å². The van der Waals surface area contributed by atoms with Crippen LogP contribution in [0, 0.1) is 19.0 Å². The predicted molar refractivity (Wildman–Crippen MR) is 366 cm³/mol. The van der Waals surface area contributed by atoms with Crippen LogP contribution in [-0.2, 0) is 30.9 Å². The van der Waals surface area contributed by atoms with E-state index >= 15 is 0 Å². The summed E-state index contributed by atoms with van der Waals surface area (Å²) >= 11 is 0. The molecule has 0 atom stereocenters. The van der Waals surface area contributed by atoms with E-state index in [0.29, 0.717) is 11.1 Å². The monoisotopic (exact) mass is 1320 g/mol. The summed E-state index contributed by atoms with van der Waals surface area (Å²) in [6, 6.07) is 75.3. The topological polar surface area (TPSA) is 43.9 Å². The van der Waals surface area contributed by atoms with Gasteiger partial charge in [0.05, 0.1) is 30.5 Å². The summed E-state index contributed by atoms with van der Waals surface area (Å²) in [5.41, 5.74) is 19.6. The van der Waals surface area contributed by atoms with Crippen LogP contribution >= 0.6 is 0 Å². The third-order valence-electron chi connectivity index (χ3n) is 16.9. The molecule has 0 unspecified atom stereocenters. The summed E-state index contributed by atoms with van der Waals surface area (Å²) in [7, 11) is -1.40. The van der Waals surface area contributed by atoms with Gasteiger partial charge in [-0.1, -0.05) is 246 Å². The number of fused-ring (bicyclic) bond motifs is 7. The normalized spacial score (nSPS) is 12.8. The molecule has 86 heavy (non-hydrogen) atoms. The predicted octanol–water partition coefficient (Wildman–Crippen LogP) is 21.9. The van der Waals surface area contributed by atoms with Gasteiger partial charge in [0.25, 0.3) is 0 Å². The molecule has 6 heteroatoms. The van der Waals surface area contributed by atoms with Crippen molar-refractivity contribution in [1.82, 2.24) is 14.5 Å². The van der Waals surface area contributed by atoms with E-state index in [9.17, 15) is 0 Å². The summed E-state index contributed by atoms with van der Waals surface area (Å²) in [6.07, 6.45) is 1.94. The van der Waals surface area contributed by atoms with Gasteiger partial charge >= 0.3 is 0 Å². The summed E-state index contributed by atoms with van der Waals surface area (Å²) in [5, 5.41) is 8.29. The molecule has 3 aromatic heterocycles. The first-order chi connectivity index (χ1) is 41.8. The Morgan fingerprint density at radius 3 is 1.81 bits per heavy atom. The van der Waals surface area contributed by atoms with Gasteiger partial charge in [0.2, 0.25) is 0 Å². The summed E-state index contributed by atoms with van der Waals surface area (Å²) in [5.74, 6) is 1.30. The Hall–Kier alpha value is -7.99. The molecule has 10 aromatic carbocycles. The molecule has 0 amide bonds. The molecule has 0 aliphatic carbocycles. The number of hydrogen-bond donors (Lipinski definition) is 0. The maximum atomic E-state index is 7.84. The third kappa shape index (κ3) is 11.6. The van der Waals surface area contributed by atoms with Crippen molar-refractivity contribution in [1.29, 1.82) is 0 Å². The average molecular weight is 1320 g/mol. The number of benzene rings is 10. The average Bonchev–Trinajstić information content (AvgIpc) is 1.63. The number of furan rings is 1. The van der Waals surface area contributed by atoms with Crippen LogP contribution in [0.1, 0.15) is 113 Å². The molecule has 0 aliphatic heterocycles. The van der Waals surface area contributed by atoms with Crippen LogP contribution < -0.4 is 5.19 Å². The number of imidazole rings is 1. The molecule has 0 spiro atoms. The number of hydrogen-bond acceptors (Lipinski definition) is 3. The molecule has 3 heterocycles. The van der Waals surface area contributed by atoms with E-state index in [2.05, 4.69) is 250 Å². The van der Waals surface area contributed by atoms with Crippen LogP contribution in [0.4, 0.5) is 0 Å². The van der Waals surface area contributed by atoms with Crippen LogP contribution in [0.2, 0.25) is 19.6 Å². The molecule has 0 fully saturated rings. The fourth-order valence-electron chi connectivity index (χ4n) is 11.8. The first-order valence-electron chi connectivity index (χ1n) is 31.5. The minimum absolute atomic E-state index is 0. The van der Waals surface area contributed by atoms with E-state index in [-0.39, 0.29) is 42.8 Å². The molecule has 13 aromatic rings. The Balaban J connectivity index is 0.000000254. The van der Waals surface area contributed by atoms with Crippen LogP contribution in [-0.4, -0.2) is 22.6 Å². The second-order valence-corrected chi connectivity index (χ2v) is 31.8. The molecule has 4 nitrogen and oxygen atoms in total. The largest absolute Gasteiger partial charge is 0.501 e. The van der Waals surface area contributed by atoms with Crippen LogP contribution in [0.3, 0.4) is 0 Å². The fraction of sp³-hybridized carbons (Fsp3) is 0.225. The molecular formula is C80H77IrN3OSi-2. The second kappa shape index (κ2) is 23.4. The van der Waals surface area contributed by atoms with Gasteiger partial charge in [-0.25, -0.2) is 0 Å². The summed E-state index contributed by atoms with van der Waals surface area (Å²) < 4.78 is 32.8. The smallest absolute Gasteiger partial charge is 0.121 e. The fourth-order valence-corrected chi connectivity index (χ4v) is 12.9. The SMILES string of the molecule is CC(C)c1cc(-c2ccc(-c3cc(C(C)(C)C)cc(C(C)(C)C)c3)cc2)cc(C(C)C)c1-n1c(-c2[c-]ccc3c2oc2cc4c(ccc5ccccc54)cc23)nc2ccccc21.[2H]C([2H])([2H])c1c[c-]c(-c2ccc([Si](C)(C)C)cn2)cc1-c1ccccc1.[Ir]. The zero-order valence-electron chi connectivity index (χ0n) is 54.8. The maximum absolute atomic E-state index is 7.84. The van der Waals surface area contributed by atoms with E-state index in [4.69, 9.17) is 13.5 Å². The van der Waals surface area contributed by atoms with Crippen molar-refractivity contribution in [3.05, 3.63) is 240 Å². The standard InChI is InChI=1S/C59H55N2O.C21H22NSi.Ir/c1-35(2)48-31-42(38-24-22-37(23-25-38)41-28-43(58(5,6)7)33-44(29-41)59(8,9)10)32-49(36(3)4)55(48)61-53-21-14-13-20-52(53)60-57(61)47-19-15-18-46-51-30-40-27-26-39-16-11-12-17-45(39)50(40)34-54(51)62-56(46)47;1-16-10-11-18(14-20(16)17-8-6-5-7-9-17)21-13-12-19(15-22-21)23(2,3)4;/h11-18,20-36H,1-10H3;5-10,12-15H,1-4H3;/q2*-1;/i;1D3;. The minimum Gasteiger partial charge on any atom is -0.501 e. The van der Waals surface area contributed by atoms with E-state index < -0.39 is 14.9 Å². The number of rotatable bonds is 9. The van der Waals surface area contributed by atoms with Crippen molar-refractivity contribution in [2.45, 2.75) is 118 Å². The molecule has 0 aliphatic rings. The summed E-state index contributed by atoms with van der Waals surface area (Å²) in [4.78, 5) is 10.0. The number of aromatic nitrogens is 3. The Labute approximate surface area is 528 Å². The van der Waals surface area contributed by atoms with Crippen molar-refractivity contribution >= 4 is 67.8 Å². The molecule has 1 radical (unpaired) electrons. The Morgan fingerprint density at radius 2 is 1.19 bits per heavy atom. The first-order valence-corrected chi connectivity index (χ1v) is 33.5. The van der Waals surface area contributed by atoms with E-state index in [1.54, 1.807) is 6.07 Å². The van der Waals surface area contributed by atoms with Crippen LogP contribution in [0.5, 0.6) is 0 Å². The van der Waals surface area contributed by atoms with Crippen molar-refractivity contribution in [2.75, 3.05) is 0 Å². The van der Waals surface area contributed by atoms with Gasteiger partial charge in [-0.2, -0.15) is 0 Å². The quantitative estimate of drug-likeness (QED) is 0.0822. The second-order valence-electron chi connectivity index (χ2n) is 26.7. The van der Waals surface area contributed by atoms with Crippen molar-refractivity contribution in [2.24, 2.45) is 0 Å². The Kier molecular flexibility index (Phi) is 15.2. The molecule has 0 bridgehead atoms.